The van der Waals surface area contributed by atoms with Crippen LogP contribution in [0.4, 0.5) is 0 Å². The molecule has 0 saturated carbocycles. The number of allylic oxidation sites excluding steroid dienone is 3. The summed E-state index contributed by atoms with van der Waals surface area (Å²) in [7, 11) is 1.40. The number of phenols is 1. The van der Waals surface area contributed by atoms with Crippen molar-refractivity contribution in [3.05, 3.63) is 46.6 Å². The highest BCUT2D eigenvalue weighted by atomic mass is 16.5. The number of benzene rings is 1. The van der Waals surface area contributed by atoms with E-state index in [4.69, 9.17) is 9.47 Å². The molecule has 1 aliphatic heterocycles. The number of ether oxygens (including phenoxy) is 2. The Morgan fingerprint density at radius 3 is 2.74 bits per heavy atom. The first-order valence-corrected chi connectivity index (χ1v) is 9.66. The SMILES string of the molecule is COC(=O)C(C)=CCCC(C)=CCC[C@]1(C)CCc2c(C)cc(O)cc2O1. The third kappa shape index (κ3) is 5.88. The molecule has 0 spiro atoms. The fraction of sp³-hybridized carbons (Fsp3) is 0.522. The highest BCUT2D eigenvalue weighted by molar-refractivity contribution is 5.87. The van der Waals surface area contributed by atoms with E-state index < -0.39 is 0 Å². The van der Waals surface area contributed by atoms with E-state index >= 15 is 0 Å². The molecular weight excluding hydrogens is 340 g/mol. The Hall–Kier alpha value is -2.23. The molecule has 4 heteroatoms. The normalized spacial score (nSPS) is 20.0. The maximum absolute atomic E-state index is 11.4. The second-order valence-corrected chi connectivity index (χ2v) is 7.80. The third-order valence-corrected chi connectivity index (χ3v) is 5.34. The number of phenolic OH excluding ortho intramolecular Hbond substituents is 1. The molecule has 0 radical (unpaired) electrons. The molecule has 1 aromatic rings. The average molecular weight is 373 g/mol. The first-order chi connectivity index (χ1) is 12.7. The van der Waals surface area contributed by atoms with E-state index in [0.717, 1.165) is 49.8 Å². The van der Waals surface area contributed by atoms with Crippen LogP contribution in [0.3, 0.4) is 0 Å². The predicted octanol–water partition coefficient (Wildman–Crippen LogP) is 5.41. The Balaban J connectivity index is 1.87. The minimum absolute atomic E-state index is 0.203. The third-order valence-electron chi connectivity index (χ3n) is 5.34. The summed E-state index contributed by atoms with van der Waals surface area (Å²) < 4.78 is 11.0. The number of methoxy groups -OCH3 is 1. The van der Waals surface area contributed by atoms with E-state index in [1.54, 1.807) is 19.1 Å². The van der Waals surface area contributed by atoms with Gasteiger partial charge in [0.2, 0.25) is 0 Å². The van der Waals surface area contributed by atoms with Crippen molar-refractivity contribution in [3.63, 3.8) is 0 Å². The lowest BCUT2D eigenvalue weighted by Crippen LogP contribution is -2.36. The molecule has 27 heavy (non-hydrogen) atoms. The van der Waals surface area contributed by atoms with Crippen LogP contribution in [-0.2, 0) is 16.0 Å². The number of hydrogen-bond acceptors (Lipinski definition) is 4. The molecule has 1 aromatic carbocycles. The standard InChI is InChI=1S/C23H32O4/c1-16(8-6-10-17(2)22(25)26-5)9-7-12-23(4)13-11-20-18(3)14-19(24)15-21(20)27-23/h9-10,14-15,24H,6-8,11-13H2,1-5H3/t23-/m1/s1. The molecule has 0 saturated heterocycles. The lowest BCUT2D eigenvalue weighted by molar-refractivity contribution is -0.136. The van der Waals surface area contributed by atoms with Gasteiger partial charge in [-0.1, -0.05) is 17.7 Å². The van der Waals surface area contributed by atoms with Gasteiger partial charge in [-0.3, -0.25) is 0 Å². The Morgan fingerprint density at radius 1 is 1.30 bits per heavy atom. The van der Waals surface area contributed by atoms with Crippen LogP contribution in [0.25, 0.3) is 0 Å². The quantitative estimate of drug-likeness (QED) is 0.395. The largest absolute Gasteiger partial charge is 0.508 e. The highest BCUT2D eigenvalue weighted by Crippen LogP contribution is 2.39. The Morgan fingerprint density at radius 2 is 2.04 bits per heavy atom. The van der Waals surface area contributed by atoms with Crippen LogP contribution in [-0.4, -0.2) is 23.8 Å². The zero-order valence-electron chi connectivity index (χ0n) is 17.2. The van der Waals surface area contributed by atoms with Crippen LogP contribution in [0.2, 0.25) is 0 Å². The molecule has 2 rings (SSSR count). The van der Waals surface area contributed by atoms with Crippen molar-refractivity contribution in [3.8, 4) is 11.5 Å². The summed E-state index contributed by atoms with van der Waals surface area (Å²) in [5.74, 6) is 0.826. The van der Waals surface area contributed by atoms with E-state index in [1.165, 1.54) is 18.2 Å². The van der Waals surface area contributed by atoms with Crippen molar-refractivity contribution < 1.29 is 19.4 Å². The van der Waals surface area contributed by atoms with Gasteiger partial charge in [0.1, 0.15) is 17.1 Å². The average Bonchev–Trinajstić information content (AvgIpc) is 2.60. The summed E-state index contributed by atoms with van der Waals surface area (Å²) in [6, 6.07) is 3.53. The number of carbonyl (C=O) groups is 1. The Kier molecular flexibility index (Phi) is 7.11. The molecule has 0 fully saturated rings. The number of esters is 1. The molecule has 1 atom stereocenters. The number of aromatic hydroxyl groups is 1. The fourth-order valence-corrected chi connectivity index (χ4v) is 3.55. The molecule has 0 bridgehead atoms. The maximum atomic E-state index is 11.4. The maximum Gasteiger partial charge on any atom is 0.333 e. The van der Waals surface area contributed by atoms with Crippen LogP contribution >= 0.6 is 0 Å². The minimum Gasteiger partial charge on any atom is -0.508 e. The highest BCUT2D eigenvalue weighted by Gasteiger charge is 2.31. The van der Waals surface area contributed by atoms with Crippen LogP contribution in [0.15, 0.2) is 35.4 Å². The van der Waals surface area contributed by atoms with Crippen molar-refractivity contribution in [2.75, 3.05) is 7.11 Å². The molecule has 0 amide bonds. The summed E-state index contributed by atoms with van der Waals surface area (Å²) in [4.78, 5) is 11.4. The van der Waals surface area contributed by atoms with Crippen LogP contribution in [0.5, 0.6) is 11.5 Å². The number of carbonyl (C=O) groups excluding carboxylic acids is 1. The fourth-order valence-electron chi connectivity index (χ4n) is 3.55. The summed E-state index contributed by atoms with van der Waals surface area (Å²) in [5, 5.41) is 9.84. The van der Waals surface area contributed by atoms with Crippen LogP contribution < -0.4 is 4.74 Å². The monoisotopic (exact) mass is 372 g/mol. The van der Waals surface area contributed by atoms with E-state index in [9.17, 15) is 9.90 Å². The van der Waals surface area contributed by atoms with E-state index in [-0.39, 0.29) is 17.3 Å². The summed E-state index contributed by atoms with van der Waals surface area (Å²) in [6.07, 6.45) is 9.83. The number of rotatable bonds is 7. The van der Waals surface area contributed by atoms with Gasteiger partial charge in [-0.05, 0) is 83.4 Å². The number of hydrogen-bond donors (Lipinski definition) is 1. The van der Waals surface area contributed by atoms with Crippen LogP contribution in [0.1, 0.15) is 64.0 Å². The molecular formula is C23H32O4. The van der Waals surface area contributed by atoms with Crippen LogP contribution in [0, 0.1) is 6.92 Å². The molecule has 1 heterocycles. The Labute approximate surface area is 162 Å². The molecule has 148 valence electrons. The predicted molar refractivity (Wildman–Crippen MR) is 108 cm³/mol. The van der Waals surface area contributed by atoms with E-state index in [1.807, 2.05) is 13.0 Å². The summed E-state index contributed by atoms with van der Waals surface area (Å²) >= 11 is 0. The molecule has 4 nitrogen and oxygen atoms in total. The van der Waals surface area contributed by atoms with Crippen molar-refractivity contribution in [1.29, 1.82) is 0 Å². The second-order valence-electron chi connectivity index (χ2n) is 7.80. The van der Waals surface area contributed by atoms with Crippen molar-refractivity contribution in [2.45, 2.75) is 71.8 Å². The van der Waals surface area contributed by atoms with Gasteiger partial charge in [-0.25, -0.2) is 4.79 Å². The number of aryl methyl sites for hydroxylation is 1. The van der Waals surface area contributed by atoms with Gasteiger partial charge in [-0.2, -0.15) is 0 Å². The first-order valence-electron chi connectivity index (χ1n) is 9.66. The zero-order chi connectivity index (χ0) is 20.0. The molecule has 1 aliphatic rings. The van der Waals surface area contributed by atoms with Crippen molar-refractivity contribution in [2.24, 2.45) is 0 Å². The van der Waals surface area contributed by atoms with Crippen molar-refractivity contribution >= 4 is 5.97 Å². The topological polar surface area (TPSA) is 55.8 Å². The molecule has 1 N–H and O–H groups in total. The zero-order valence-corrected chi connectivity index (χ0v) is 17.2. The van der Waals surface area contributed by atoms with Gasteiger partial charge in [-0.15, -0.1) is 0 Å². The lowest BCUT2D eigenvalue weighted by Gasteiger charge is -2.36. The molecule has 0 aromatic heterocycles. The lowest BCUT2D eigenvalue weighted by atomic mass is 9.87. The molecule has 0 unspecified atom stereocenters. The van der Waals surface area contributed by atoms with Gasteiger partial charge in [0.05, 0.1) is 7.11 Å². The van der Waals surface area contributed by atoms with Gasteiger partial charge < -0.3 is 14.6 Å². The first kappa shape index (κ1) is 21.1. The smallest absolute Gasteiger partial charge is 0.333 e. The second kappa shape index (κ2) is 9.12. The number of fused-ring (bicyclic) bond motifs is 1. The van der Waals surface area contributed by atoms with Crippen molar-refractivity contribution in [1.82, 2.24) is 0 Å². The van der Waals surface area contributed by atoms with E-state index in [2.05, 4.69) is 19.9 Å². The Bertz CT molecular complexity index is 745. The van der Waals surface area contributed by atoms with Gasteiger partial charge >= 0.3 is 5.97 Å². The van der Waals surface area contributed by atoms with Gasteiger partial charge in [0.25, 0.3) is 0 Å². The summed E-state index contributed by atoms with van der Waals surface area (Å²) in [5.41, 5.74) is 4.08. The minimum atomic E-state index is -0.263. The van der Waals surface area contributed by atoms with Gasteiger partial charge in [0, 0.05) is 11.6 Å². The van der Waals surface area contributed by atoms with Gasteiger partial charge in [0.15, 0.2) is 0 Å². The molecule has 0 aliphatic carbocycles. The summed E-state index contributed by atoms with van der Waals surface area (Å²) in [6.45, 7) is 8.08. The van der Waals surface area contributed by atoms with E-state index in [0.29, 0.717) is 5.57 Å².